The van der Waals surface area contributed by atoms with Gasteiger partial charge in [-0.2, -0.15) is 0 Å². The number of amides is 2. The molecule has 1 unspecified atom stereocenters. The van der Waals surface area contributed by atoms with Crippen LogP contribution in [-0.4, -0.2) is 45.1 Å². The van der Waals surface area contributed by atoms with Gasteiger partial charge in [0.15, 0.2) is 8.32 Å². The minimum absolute atomic E-state index is 0.0457. The van der Waals surface area contributed by atoms with Crippen LogP contribution in [0.5, 0.6) is 0 Å². The van der Waals surface area contributed by atoms with Gasteiger partial charge in [-0.05, 0) is 38.9 Å². The number of piperidine rings is 1. The number of hydrogen-bond acceptors (Lipinski definition) is 4. The minimum atomic E-state index is -1.87. The second-order valence-corrected chi connectivity index (χ2v) is 13.9. The Bertz CT molecular complexity index is 466. The molecular weight excluding hydrogens is 324 g/mol. The number of ether oxygens (including phenoxy) is 1. The summed E-state index contributed by atoms with van der Waals surface area (Å²) in [7, 11) is -1.87. The van der Waals surface area contributed by atoms with Gasteiger partial charge in [0, 0.05) is 31.5 Å². The molecule has 0 radical (unpaired) electrons. The highest BCUT2D eigenvalue weighted by Gasteiger charge is 2.39. The van der Waals surface area contributed by atoms with Crippen LogP contribution in [0.2, 0.25) is 18.1 Å². The van der Waals surface area contributed by atoms with Crippen molar-refractivity contribution in [3.05, 3.63) is 0 Å². The van der Waals surface area contributed by atoms with Gasteiger partial charge >= 0.3 is 6.09 Å². The summed E-state index contributed by atoms with van der Waals surface area (Å²) >= 11 is 0. The smallest absolute Gasteiger partial charge is 0.407 e. The van der Waals surface area contributed by atoms with Gasteiger partial charge in [0.2, 0.25) is 5.91 Å². The van der Waals surface area contributed by atoms with Crippen LogP contribution in [0.1, 0.15) is 48.0 Å². The first-order chi connectivity index (χ1) is 10.7. The average Bonchev–Trinajstić information content (AvgIpc) is 2.33. The highest BCUT2D eigenvalue weighted by Crippen LogP contribution is 2.37. The van der Waals surface area contributed by atoms with Gasteiger partial charge < -0.3 is 19.8 Å². The van der Waals surface area contributed by atoms with Crippen molar-refractivity contribution in [1.82, 2.24) is 10.6 Å². The molecule has 1 fully saturated rings. The van der Waals surface area contributed by atoms with Crippen molar-refractivity contribution >= 4 is 20.3 Å². The van der Waals surface area contributed by atoms with E-state index in [1.807, 2.05) is 20.8 Å². The number of nitrogens with one attached hydrogen (secondary N) is 2. The van der Waals surface area contributed by atoms with Crippen molar-refractivity contribution in [3.8, 4) is 0 Å². The van der Waals surface area contributed by atoms with Crippen LogP contribution in [-0.2, 0) is 14.0 Å². The van der Waals surface area contributed by atoms with E-state index in [0.29, 0.717) is 13.2 Å². The van der Waals surface area contributed by atoms with Crippen LogP contribution in [0.4, 0.5) is 4.79 Å². The molecule has 6 nitrogen and oxygen atoms in total. The monoisotopic (exact) mass is 358 g/mol. The lowest BCUT2D eigenvalue weighted by molar-refractivity contribution is -0.123. The van der Waals surface area contributed by atoms with E-state index in [2.05, 4.69) is 44.5 Å². The summed E-state index contributed by atoms with van der Waals surface area (Å²) in [6.45, 7) is 17.5. The molecule has 1 saturated heterocycles. The minimum Gasteiger partial charge on any atom is -0.444 e. The van der Waals surface area contributed by atoms with Gasteiger partial charge in [-0.25, -0.2) is 4.79 Å². The van der Waals surface area contributed by atoms with Crippen LogP contribution in [0.25, 0.3) is 0 Å². The molecule has 0 saturated carbocycles. The lowest BCUT2D eigenvalue weighted by atomic mass is 9.94. The van der Waals surface area contributed by atoms with Crippen LogP contribution >= 0.6 is 0 Å². The summed E-state index contributed by atoms with van der Waals surface area (Å²) in [5.41, 5.74) is -0.561. The topological polar surface area (TPSA) is 76.7 Å². The molecule has 1 rings (SSSR count). The Morgan fingerprint density at radius 3 is 2.33 bits per heavy atom. The van der Waals surface area contributed by atoms with Crippen molar-refractivity contribution in [2.24, 2.45) is 5.92 Å². The molecule has 7 heteroatoms. The highest BCUT2D eigenvalue weighted by molar-refractivity contribution is 6.74. The summed E-state index contributed by atoms with van der Waals surface area (Å²) in [4.78, 5) is 23.8. The fourth-order valence-corrected chi connectivity index (χ4v) is 3.22. The fraction of sp³-hybridized carbons (Fsp3) is 0.882. The first-order valence-corrected chi connectivity index (χ1v) is 11.5. The van der Waals surface area contributed by atoms with E-state index in [-0.39, 0.29) is 29.3 Å². The number of carbonyl (C=O) groups is 2. The van der Waals surface area contributed by atoms with Crippen LogP contribution in [0.3, 0.4) is 0 Å². The SMILES string of the molecule is CC(C)(C)OC(=O)N[C@@H]1CC(=O)NCC1CO[Si](C)(C)C(C)(C)C. The first kappa shape index (κ1) is 21.0. The fourth-order valence-electron chi connectivity index (χ4n) is 2.16. The average molecular weight is 359 g/mol. The van der Waals surface area contributed by atoms with Gasteiger partial charge in [0.25, 0.3) is 0 Å². The Labute approximate surface area is 147 Å². The molecule has 1 heterocycles. The molecule has 1 aliphatic rings. The summed E-state index contributed by atoms with van der Waals surface area (Å²) < 4.78 is 11.6. The Kier molecular flexibility index (Phi) is 6.49. The van der Waals surface area contributed by atoms with E-state index in [1.54, 1.807) is 0 Å². The summed E-state index contributed by atoms with van der Waals surface area (Å²) in [6.07, 6.45) is -0.232. The van der Waals surface area contributed by atoms with Crippen molar-refractivity contribution < 1.29 is 18.8 Å². The van der Waals surface area contributed by atoms with E-state index in [4.69, 9.17) is 9.16 Å². The molecule has 0 aromatic carbocycles. The third-order valence-corrected chi connectivity index (χ3v) is 9.20. The number of carbonyl (C=O) groups excluding carboxylic acids is 2. The predicted octanol–water partition coefficient (Wildman–Crippen LogP) is 3.04. The second kappa shape index (κ2) is 7.43. The van der Waals surface area contributed by atoms with Gasteiger partial charge in [0.1, 0.15) is 5.60 Å². The van der Waals surface area contributed by atoms with Crippen molar-refractivity contribution in [3.63, 3.8) is 0 Å². The molecule has 0 spiro atoms. The lowest BCUT2D eigenvalue weighted by Gasteiger charge is -2.39. The zero-order chi connectivity index (χ0) is 18.8. The number of hydrogen-bond donors (Lipinski definition) is 2. The molecule has 2 N–H and O–H groups in total. The van der Waals surface area contributed by atoms with E-state index in [0.717, 1.165) is 0 Å². The summed E-state index contributed by atoms with van der Waals surface area (Å²) in [6, 6.07) is -0.265. The van der Waals surface area contributed by atoms with Crippen molar-refractivity contribution in [1.29, 1.82) is 0 Å². The quantitative estimate of drug-likeness (QED) is 0.757. The zero-order valence-corrected chi connectivity index (χ0v) is 17.4. The number of rotatable bonds is 4. The molecule has 0 aromatic rings. The van der Waals surface area contributed by atoms with Gasteiger partial charge in [-0.3, -0.25) is 4.79 Å². The number of alkyl carbamates (subject to hydrolysis) is 1. The standard InChI is InChI=1S/C17H34N2O4Si/c1-16(2,3)23-15(21)19-13-9-14(20)18-10-12(13)11-22-24(7,8)17(4,5)6/h12-13H,9-11H2,1-8H3,(H,18,20)(H,19,21)/t12?,13-/m1/s1. The largest absolute Gasteiger partial charge is 0.444 e. The van der Waals surface area contributed by atoms with Crippen molar-refractivity contribution in [2.45, 2.75) is 77.7 Å². The van der Waals surface area contributed by atoms with Gasteiger partial charge in [-0.15, -0.1) is 0 Å². The molecule has 1 aliphatic heterocycles. The second-order valence-electron chi connectivity index (χ2n) is 9.09. The third kappa shape index (κ3) is 6.43. The zero-order valence-electron chi connectivity index (χ0n) is 16.4. The van der Waals surface area contributed by atoms with Crippen LogP contribution in [0, 0.1) is 5.92 Å². The van der Waals surface area contributed by atoms with Crippen LogP contribution < -0.4 is 10.6 Å². The molecule has 140 valence electrons. The maximum Gasteiger partial charge on any atom is 0.407 e. The Balaban J connectivity index is 2.69. The molecule has 2 amide bonds. The Hall–Kier alpha value is -1.08. The van der Waals surface area contributed by atoms with Crippen molar-refractivity contribution in [2.75, 3.05) is 13.2 Å². The summed E-state index contributed by atoms with van der Waals surface area (Å²) in [5.74, 6) is -0.0102. The van der Waals surface area contributed by atoms with E-state index < -0.39 is 20.0 Å². The molecule has 24 heavy (non-hydrogen) atoms. The predicted molar refractivity (Wildman–Crippen MR) is 97.4 cm³/mol. The Morgan fingerprint density at radius 1 is 1.25 bits per heavy atom. The summed E-state index contributed by atoms with van der Waals surface area (Å²) in [5, 5.41) is 5.83. The maximum absolute atomic E-state index is 12.0. The molecule has 0 bridgehead atoms. The highest BCUT2D eigenvalue weighted by atomic mass is 28.4. The Morgan fingerprint density at radius 2 is 1.83 bits per heavy atom. The maximum atomic E-state index is 12.0. The lowest BCUT2D eigenvalue weighted by Crippen LogP contribution is -2.55. The van der Waals surface area contributed by atoms with E-state index >= 15 is 0 Å². The molecule has 0 aromatic heterocycles. The molecule has 0 aliphatic carbocycles. The normalized spacial score (nSPS) is 22.8. The molecule has 2 atom stereocenters. The first-order valence-electron chi connectivity index (χ1n) is 8.61. The molecular formula is C17H34N2O4Si. The van der Waals surface area contributed by atoms with E-state index in [1.165, 1.54) is 0 Å². The van der Waals surface area contributed by atoms with Gasteiger partial charge in [0.05, 0.1) is 0 Å². The van der Waals surface area contributed by atoms with Gasteiger partial charge in [-0.1, -0.05) is 20.8 Å². The van der Waals surface area contributed by atoms with E-state index in [9.17, 15) is 9.59 Å². The third-order valence-electron chi connectivity index (χ3n) is 4.70. The van der Waals surface area contributed by atoms with Crippen LogP contribution in [0.15, 0.2) is 0 Å².